The second kappa shape index (κ2) is 7.23. The van der Waals surface area contributed by atoms with Crippen molar-refractivity contribution < 1.29 is 12.8 Å². The van der Waals surface area contributed by atoms with Gasteiger partial charge in [0.25, 0.3) is 0 Å². The molecule has 0 bridgehead atoms. The van der Waals surface area contributed by atoms with Crippen LogP contribution in [-0.2, 0) is 16.4 Å². The fraction of sp³-hybridized carbons (Fsp3) is 0.250. The first-order valence-electron chi connectivity index (χ1n) is 7.34. The maximum absolute atomic E-state index is 11.3. The van der Waals surface area contributed by atoms with E-state index in [0.29, 0.717) is 29.0 Å². The van der Waals surface area contributed by atoms with Crippen LogP contribution in [0.4, 0.5) is 0 Å². The quantitative estimate of drug-likeness (QED) is 0.601. The number of thioether (sulfide) groups is 1. The number of benzene rings is 1. The highest BCUT2D eigenvalue weighted by Gasteiger charge is 2.17. The van der Waals surface area contributed by atoms with Crippen molar-refractivity contribution in [2.24, 2.45) is 0 Å². The molecule has 0 atom stereocenters. The van der Waals surface area contributed by atoms with Crippen LogP contribution in [0.2, 0.25) is 0 Å². The maximum atomic E-state index is 11.3. The van der Waals surface area contributed by atoms with Gasteiger partial charge in [0.05, 0.1) is 18.6 Å². The summed E-state index contributed by atoms with van der Waals surface area (Å²) in [5.74, 6) is 1.80. The Kier molecular flexibility index (Phi) is 5.06. The van der Waals surface area contributed by atoms with Crippen LogP contribution in [0.15, 0.2) is 58.3 Å². The summed E-state index contributed by atoms with van der Waals surface area (Å²) < 4.78 is 30.0. The lowest BCUT2D eigenvalue weighted by Crippen LogP contribution is -2.07. The molecule has 0 amide bonds. The van der Waals surface area contributed by atoms with Crippen LogP contribution < -0.4 is 0 Å². The van der Waals surface area contributed by atoms with Crippen LogP contribution in [0.25, 0.3) is 11.6 Å². The molecule has 3 aromatic rings. The van der Waals surface area contributed by atoms with Gasteiger partial charge in [0.15, 0.2) is 10.9 Å². The predicted octanol–water partition coefficient (Wildman–Crippen LogP) is 2.72. The monoisotopic (exact) mass is 363 g/mol. The van der Waals surface area contributed by atoms with Crippen molar-refractivity contribution >= 4 is 21.6 Å². The normalized spacial score (nSPS) is 11.7. The number of rotatable bonds is 7. The van der Waals surface area contributed by atoms with Crippen LogP contribution in [0, 0.1) is 0 Å². The molecule has 0 saturated heterocycles. The van der Waals surface area contributed by atoms with Gasteiger partial charge < -0.3 is 4.42 Å². The number of hydrogen-bond donors (Lipinski definition) is 0. The zero-order valence-corrected chi connectivity index (χ0v) is 14.8. The molecule has 24 heavy (non-hydrogen) atoms. The molecule has 0 aliphatic carbocycles. The number of sulfone groups is 1. The molecule has 2 heterocycles. The van der Waals surface area contributed by atoms with Crippen LogP contribution in [-0.4, -0.2) is 40.9 Å². The van der Waals surface area contributed by atoms with Crippen molar-refractivity contribution in [2.75, 3.05) is 17.8 Å². The third-order valence-electron chi connectivity index (χ3n) is 3.33. The summed E-state index contributed by atoms with van der Waals surface area (Å²) in [4.78, 5) is 0. The fourth-order valence-corrected chi connectivity index (χ4v) is 4.31. The Hall–Kier alpha value is -2.06. The molecule has 0 radical (unpaired) electrons. The molecule has 0 unspecified atom stereocenters. The summed E-state index contributed by atoms with van der Waals surface area (Å²) in [6, 6.07) is 13.6. The summed E-state index contributed by atoms with van der Waals surface area (Å²) >= 11 is 1.38. The van der Waals surface area contributed by atoms with Crippen LogP contribution in [0.5, 0.6) is 0 Å². The van der Waals surface area contributed by atoms with E-state index in [4.69, 9.17) is 4.42 Å². The van der Waals surface area contributed by atoms with Crippen molar-refractivity contribution in [2.45, 2.75) is 11.7 Å². The van der Waals surface area contributed by atoms with E-state index in [1.807, 2.05) is 41.0 Å². The van der Waals surface area contributed by atoms with Crippen LogP contribution in [0.1, 0.15) is 5.56 Å². The van der Waals surface area contributed by atoms with Crippen LogP contribution >= 0.6 is 11.8 Å². The van der Waals surface area contributed by atoms with Crippen molar-refractivity contribution in [1.29, 1.82) is 0 Å². The first-order chi connectivity index (χ1) is 11.5. The summed E-state index contributed by atoms with van der Waals surface area (Å²) in [5, 5.41) is 9.10. The van der Waals surface area contributed by atoms with E-state index in [0.717, 1.165) is 5.56 Å². The van der Waals surface area contributed by atoms with Gasteiger partial charge in [-0.1, -0.05) is 42.1 Å². The summed E-state index contributed by atoms with van der Waals surface area (Å²) in [5.41, 5.74) is 1.11. The fourth-order valence-electron chi connectivity index (χ4n) is 2.18. The average Bonchev–Trinajstić information content (AvgIpc) is 3.17. The molecule has 8 heteroatoms. The molecule has 126 valence electrons. The molecule has 0 saturated carbocycles. The molecule has 1 aromatic carbocycles. The smallest absolute Gasteiger partial charge is 0.200 e. The Labute approximate surface area is 144 Å². The molecule has 0 N–H and O–H groups in total. The summed E-state index contributed by atoms with van der Waals surface area (Å²) in [6.45, 7) is 0.588. The topological polar surface area (TPSA) is 78.0 Å². The lowest BCUT2D eigenvalue weighted by molar-refractivity contribution is 0.569. The Balaban J connectivity index is 1.88. The van der Waals surface area contributed by atoms with Gasteiger partial charge in [0.2, 0.25) is 5.82 Å². The number of hydrogen-bond acceptors (Lipinski definition) is 6. The highest BCUT2D eigenvalue weighted by Crippen LogP contribution is 2.25. The van der Waals surface area contributed by atoms with Crippen molar-refractivity contribution in [3.8, 4) is 11.6 Å². The van der Waals surface area contributed by atoms with Crippen molar-refractivity contribution in [3.05, 3.63) is 54.3 Å². The maximum Gasteiger partial charge on any atom is 0.200 e. The van der Waals surface area contributed by atoms with Gasteiger partial charge in [-0.2, -0.15) is 0 Å². The molecule has 2 aromatic heterocycles. The van der Waals surface area contributed by atoms with Gasteiger partial charge >= 0.3 is 0 Å². The lowest BCUT2D eigenvalue weighted by atomic mass is 10.2. The predicted molar refractivity (Wildman–Crippen MR) is 93.7 cm³/mol. The van der Waals surface area contributed by atoms with E-state index in [2.05, 4.69) is 10.2 Å². The van der Waals surface area contributed by atoms with Crippen molar-refractivity contribution in [1.82, 2.24) is 14.8 Å². The van der Waals surface area contributed by atoms with Gasteiger partial charge in [-0.05, 0) is 17.7 Å². The van der Waals surface area contributed by atoms with Gasteiger partial charge in [-0.25, -0.2) is 8.42 Å². The molecular formula is C16H17N3O3S2. The minimum absolute atomic E-state index is 0.103. The molecule has 0 fully saturated rings. The van der Waals surface area contributed by atoms with E-state index in [1.54, 1.807) is 12.3 Å². The van der Waals surface area contributed by atoms with Gasteiger partial charge in [0, 0.05) is 12.0 Å². The molecule has 0 aliphatic heterocycles. The van der Waals surface area contributed by atoms with Crippen molar-refractivity contribution in [3.63, 3.8) is 0 Å². The zero-order chi connectivity index (χ0) is 17.0. The van der Waals surface area contributed by atoms with Gasteiger partial charge in [-0.15, -0.1) is 10.2 Å². The van der Waals surface area contributed by atoms with Gasteiger partial charge in [-0.3, -0.25) is 4.57 Å². The second-order valence-electron chi connectivity index (χ2n) is 5.33. The Morgan fingerprint density at radius 3 is 2.58 bits per heavy atom. The Morgan fingerprint density at radius 2 is 1.92 bits per heavy atom. The average molecular weight is 363 g/mol. The molecule has 0 spiro atoms. The molecular weight excluding hydrogens is 346 g/mol. The van der Waals surface area contributed by atoms with E-state index >= 15 is 0 Å². The largest absolute Gasteiger partial charge is 0.461 e. The number of nitrogens with zero attached hydrogens (tertiary/aromatic N) is 3. The molecule has 6 nitrogen and oxygen atoms in total. The van der Waals surface area contributed by atoms with E-state index in [-0.39, 0.29) is 5.75 Å². The minimum atomic E-state index is -3.00. The SMILES string of the molecule is CS(=O)(=O)CCSc1nnc(-c2ccco2)n1Cc1ccccc1. The van der Waals surface area contributed by atoms with E-state index in [9.17, 15) is 8.42 Å². The number of furan rings is 1. The van der Waals surface area contributed by atoms with E-state index in [1.165, 1.54) is 18.0 Å². The zero-order valence-electron chi connectivity index (χ0n) is 13.1. The first kappa shape index (κ1) is 16.8. The first-order valence-corrected chi connectivity index (χ1v) is 10.4. The highest BCUT2D eigenvalue weighted by molar-refractivity contribution is 8.00. The third kappa shape index (κ3) is 4.27. The molecule has 3 rings (SSSR count). The lowest BCUT2D eigenvalue weighted by Gasteiger charge is -2.09. The Morgan fingerprint density at radius 1 is 1.12 bits per heavy atom. The van der Waals surface area contributed by atoms with Gasteiger partial charge in [0.1, 0.15) is 9.84 Å². The summed E-state index contributed by atoms with van der Waals surface area (Å²) in [7, 11) is -3.00. The standard InChI is InChI=1S/C16H17N3O3S2/c1-24(20,21)11-10-23-16-18-17-15(14-8-5-9-22-14)19(16)12-13-6-3-2-4-7-13/h2-9H,10-12H2,1H3. The highest BCUT2D eigenvalue weighted by atomic mass is 32.2. The Bertz CT molecular complexity index is 888. The van der Waals surface area contributed by atoms with E-state index < -0.39 is 9.84 Å². The molecule has 0 aliphatic rings. The second-order valence-corrected chi connectivity index (χ2v) is 8.66. The number of aromatic nitrogens is 3. The van der Waals surface area contributed by atoms with Crippen LogP contribution in [0.3, 0.4) is 0 Å². The third-order valence-corrected chi connectivity index (χ3v) is 5.50. The minimum Gasteiger partial charge on any atom is -0.461 e. The summed E-state index contributed by atoms with van der Waals surface area (Å²) in [6.07, 6.45) is 2.82.